The van der Waals surface area contributed by atoms with Crippen molar-refractivity contribution in [1.82, 2.24) is 20.2 Å². The minimum Gasteiger partial charge on any atom is -0.354 e. The van der Waals surface area contributed by atoms with E-state index < -0.39 is 34.9 Å². The molecule has 0 unspecified atom stereocenters. The van der Waals surface area contributed by atoms with E-state index in [0.717, 1.165) is 27.2 Å². The molecule has 0 bridgehead atoms. The molecule has 30 heavy (non-hydrogen) atoms. The Labute approximate surface area is 173 Å². The van der Waals surface area contributed by atoms with E-state index in [1.807, 2.05) is 17.5 Å². The molecule has 3 heterocycles. The Kier molecular flexibility index (Phi) is 5.11. The maximum atomic E-state index is 12.5. The molecule has 0 saturated carbocycles. The van der Waals surface area contributed by atoms with Gasteiger partial charge in [-0.2, -0.15) is 0 Å². The van der Waals surface area contributed by atoms with Crippen LogP contribution in [0.15, 0.2) is 42.0 Å². The molecule has 1 aliphatic rings. The quantitative estimate of drug-likeness (QED) is 0.337. The molecule has 1 aromatic carbocycles. The van der Waals surface area contributed by atoms with E-state index in [1.165, 1.54) is 12.1 Å². The number of benzene rings is 1. The second-order valence-corrected chi connectivity index (χ2v) is 7.41. The predicted molar refractivity (Wildman–Crippen MR) is 107 cm³/mol. The number of nitro benzene ring substituents is 1. The van der Waals surface area contributed by atoms with Crippen LogP contribution >= 0.6 is 11.3 Å². The van der Waals surface area contributed by atoms with Gasteiger partial charge in [0.15, 0.2) is 0 Å². The van der Waals surface area contributed by atoms with E-state index in [9.17, 15) is 24.5 Å². The van der Waals surface area contributed by atoms with Crippen LogP contribution in [-0.4, -0.2) is 50.6 Å². The lowest BCUT2D eigenvalue weighted by molar-refractivity contribution is -0.385. The van der Waals surface area contributed by atoms with E-state index in [2.05, 4.69) is 15.3 Å². The zero-order valence-corrected chi connectivity index (χ0v) is 16.3. The van der Waals surface area contributed by atoms with Crippen molar-refractivity contribution < 1.29 is 19.3 Å². The number of imide groups is 1. The number of rotatable bonds is 7. The summed E-state index contributed by atoms with van der Waals surface area (Å²) in [6, 6.07) is 7.70. The number of fused-ring (bicyclic) bond motifs is 1. The molecular weight excluding hydrogens is 410 g/mol. The third-order valence-electron chi connectivity index (χ3n) is 4.65. The van der Waals surface area contributed by atoms with Crippen LogP contribution in [0.1, 0.15) is 26.4 Å². The van der Waals surface area contributed by atoms with Gasteiger partial charge in [-0.05, 0) is 17.5 Å². The summed E-state index contributed by atoms with van der Waals surface area (Å²) < 4.78 is 0. The van der Waals surface area contributed by atoms with Gasteiger partial charge in [0.2, 0.25) is 5.91 Å². The number of amides is 3. The van der Waals surface area contributed by atoms with Crippen molar-refractivity contribution in [2.45, 2.75) is 6.42 Å². The van der Waals surface area contributed by atoms with Crippen LogP contribution < -0.4 is 5.32 Å². The number of aromatic nitrogens is 2. The minimum absolute atomic E-state index is 0.0694. The average molecular weight is 425 g/mol. The Hall–Kier alpha value is -3.86. The summed E-state index contributed by atoms with van der Waals surface area (Å²) >= 11 is 1.55. The number of carbonyl (C=O) groups excluding carboxylic acids is 3. The third kappa shape index (κ3) is 3.46. The van der Waals surface area contributed by atoms with Gasteiger partial charge in [0, 0.05) is 24.7 Å². The first-order valence-electron chi connectivity index (χ1n) is 8.93. The van der Waals surface area contributed by atoms with Crippen LogP contribution in [0, 0.1) is 10.1 Å². The van der Waals surface area contributed by atoms with E-state index in [0.29, 0.717) is 6.42 Å². The number of thiophene rings is 1. The third-order valence-corrected chi connectivity index (χ3v) is 5.52. The first kappa shape index (κ1) is 19.5. The number of carbonyl (C=O) groups is 3. The number of nitrogens with zero attached hydrogens (tertiary/aromatic N) is 3. The lowest BCUT2D eigenvalue weighted by Crippen LogP contribution is -2.41. The highest BCUT2D eigenvalue weighted by molar-refractivity contribution is 7.13. The summed E-state index contributed by atoms with van der Waals surface area (Å²) in [5.41, 5.74) is 0.869. The summed E-state index contributed by atoms with van der Waals surface area (Å²) in [5.74, 6) is -2.10. The zero-order valence-electron chi connectivity index (χ0n) is 15.5. The first-order chi connectivity index (χ1) is 14.5. The smallest absolute Gasteiger partial charge is 0.282 e. The van der Waals surface area contributed by atoms with Gasteiger partial charge in [0.1, 0.15) is 17.8 Å². The Morgan fingerprint density at radius 1 is 1.23 bits per heavy atom. The molecule has 0 fully saturated rings. The van der Waals surface area contributed by atoms with E-state index in [-0.39, 0.29) is 17.7 Å². The van der Waals surface area contributed by atoms with Gasteiger partial charge in [-0.3, -0.25) is 29.4 Å². The van der Waals surface area contributed by atoms with Crippen LogP contribution in [0.4, 0.5) is 5.69 Å². The van der Waals surface area contributed by atoms with Gasteiger partial charge in [-0.1, -0.05) is 12.1 Å². The molecular formula is C19H15N5O5S. The van der Waals surface area contributed by atoms with Crippen LogP contribution in [-0.2, 0) is 11.2 Å². The highest BCUT2D eigenvalue weighted by Crippen LogP contribution is 2.30. The summed E-state index contributed by atoms with van der Waals surface area (Å²) in [7, 11) is 0. The highest BCUT2D eigenvalue weighted by atomic mass is 32.1. The minimum atomic E-state index is -0.842. The molecule has 1 aliphatic heterocycles. The van der Waals surface area contributed by atoms with E-state index in [4.69, 9.17) is 0 Å². The Balaban J connectivity index is 1.38. The van der Waals surface area contributed by atoms with Gasteiger partial charge in [-0.25, -0.2) is 4.98 Å². The van der Waals surface area contributed by atoms with Crippen LogP contribution in [0.3, 0.4) is 0 Å². The molecule has 3 aromatic rings. The standard InChI is InChI=1S/C19H15N5O5S/c25-15(20-7-6-12-17(22-10-21-12)14-5-2-8-30-14)9-23-18(26)11-3-1-4-13(24(28)29)16(11)19(23)27/h1-5,8,10H,6-7,9H2,(H,20,25)(H,21,22). The molecule has 0 atom stereocenters. The maximum absolute atomic E-state index is 12.5. The normalized spacial score (nSPS) is 12.9. The van der Waals surface area contributed by atoms with Crippen molar-refractivity contribution in [2.75, 3.05) is 13.1 Å². The van der Waals surface area contributed by atoms with Gasteiger partial charge >= 0.3 is 0 Å². The van der Waals surface area contributed by atoms with Crippen LogP contribution in [0.5, 0.6) is 0 Å². The van der Waals surface area contributed by atoms with Crippen molar-refractivity contribution in [2.24, 2.45) is 0 Å². The molecule has 0 saturated heterocycles. The van der Waals surface area contributed by atoms with Gasteiger partial charge in [0.25, 0.3) is 17.5 Å². The average Bonchev–Trinajstić information content (AvgIpc) is 3.45. The molecule has 2 N–H and O–H groups in total. The predicted octanol–water partition coefficient (Wildman–Crippen LogP) is 2.00. The van der Waals surface area contributed by atoms with Gasteiger partial charge in [0.05, 0.1) is 21.7 Å². The monoisotopic (exact) mass is 425 g/mol. The molecule has 2 aromatic heterocycles. The second-order valence-electron chi connectivity index (χ2n) is 6.46. The molecule has 4 rings (SSSR count). The molecule has 0 spiro atoms. The Morgan fingerprint density at radius 2 is 2.07 bits per heavy atom. The summed E-state index contributed by atoms with van der Waals surface area (Å²) in [4.78, 5) is 56.7. The van der Waals surface area contributed by atoms with Crippen molar-refractivity contribution >= 4 is 34.7 Å². The molecule has 11 heteroatoms. The zero-order chi connectivity index (χ0) is 21.3. The number of nitro groups is 1. The van der Waals surface area contributed by atoms with Crippen molar-refractivity contribution in [1.29, 1.82) is 0 Å². The summed E-state index contributed by atoms with van der Waals surface area (Å²) in [6.45, 7) is -0.243. The fraction of sp³-hybridized carbons (Fsp3) is 0.158. The van der Waals surface area contributed by atoms with E-state index in [1.54, 1.807) is 17.7 Å². The number of nitrogens with one attached hydrogen (secondary N) is 2. The number of aromatic amines is 1. The van der Waals surface area contributed by atoms with Crippen LogP contribution in [0.2, 0.25) is 0 Å². The van der Waals surface area contributed by atoms with Crippen LogP contribution in [0.25, 0.3) is 10.6 Å². The van der Waals surface area contributed by atoms with Crippen molar-refractivity contribution in [3.63, 3.8) is 0 Å². The molecule has 152 valence electrons. The Morgan fingerprint density at radius 3 is 2.80 bits per heavy atom. The van der Waals surface area contributed by atoms with Crippen molar-refractivity contribution in [3.8, 4) is 10.6 Å². The summed E-state index contributed by atoms with van der Waals surface area (Å²) in [5, 5.41) is 15.8. The van der Waals surface area contributed by atoms with Crippen molar-refractivity contribution in [3.05, 3.63) is 69.0 Å². The lowest BCUT2D eigenvalue weighted by atomic mass is 10.1. The summed E-state index contributed by atoms with van der Waals surface area (Å²) in [6.07, 6.45) is 2.06. The lowest BCUT2D eigenvalue weighted by Gasteiger charge is -2.13. The first-order valence-corrected chi connectivity index (χ1v) is 9.81. The number of H-pyrrole nitrogens is 1. The van der Waals surface area contributed by atoms with Gasteiger partial charge in [-0.15, -0.1) is 11.3 Å². The maximum Gasteiger partial charge on any atom is 0.282 e. The highest BCUT2D eigenvalue weighted by Gasteiger charge is 2.41. The molecule has 0 radical (unpaired) electrons. The largest absolute Gasteiger partial charge is 0.354 e. The van der Waals surface area contributed by atoms with Gasteiger partial charge < -0.3 is 10.3 Å². The number of hydrogen-bond acceptors (Lipinski definition) is 7. The topological polar surface area (TPSA) is 138 Å². The second kappa shape index (κ2) is 7.87. The Bertz CT molecular complexity index is 1150. The fourth-order valence-electron chi connectivity index (χ4n) is 3.28. The molecule has 0 aliphatic carbocycles. The fourth-order valence-corrected chi connectivity index (χ4v) is 4.02. The molecule has 3 amide bonds. The van der Waals surface area contributed by atoms with E-state index >= 15 is 0 Å². The SMILES string of the molecule is O=C(CN1C(=O)c2cccc([N+](=O)[O-])c2C1=O)NCCc1[nH]cnc1-c1cccs1. The number of imidazole rings is 1. The number of hydrogen-bond donors (Lipinski definition) is 2. The molecule has 10 nitrogen and oxygen atoms in total.